The van der Waals surface area contributed by atoms with Gasteiger partial charge in [0.15, 0.2) is 0 Å². The van der Waals surface area contributed by atoms with Crippen LogP contribution in [0.5, 0.6) is 0 Å². The highest BCUT2D eigenvalue weighted by atomic mass is 35.5. The summed E-state index contributed by atoms with van der Waals surface area (Å²) in [6, 6.07) is 4.24. The molecule has 0 radical (unpaired) electrons. The average Bonchev–Trinajstić information content (AvgIpc) is 2.81. The first kappa shape index (κ1) is 14.3. The van der Waals surface area contributed by atoms with Crippen molar-refractivity contribution < 1.29 is 19.1 Å². The van der Waals surface area contributed by atoms with Crippen LogP contribution >= 0.6 is 22.9 Å². The Morgan fingerprint density at radius 2 is 2.00 bits per heavy atom. The molecule has 0 atom stereocenters. The number of amides is 2. The molecule has 0 saturated heterocycles. The Balaban J connectivity index is 2.09. The molecule has 0 aliphatic heterocycles. The number of aromatic carboxylic acids is 1. The number of thiophene rings is 1. The van der Waals surface area contributed by atoms with E-state index < -0.39 is 17.8 Å². The van der Waals surface area contributed by atoms with Crippen LogP contribution in [0.4, 0.5) is 19.9 Å². The van der Waals surface area contributed by atoms with Gasteiger partial charge in [0.2, 0.25) is 0 Å². The standard InChI is InChI=1S/C12H8ClFN2O3S/c13-8-5-6(14)1-2-9(8)15-12(19)16-10-7(11(17)18)3-4-20-10/h1-5H,(H,17,18)(H2,15,16,19). The molecule has 1 aromatic carbocycles. The molecule has 2 aromatic rings. The Kier molecular flexibility index (Phi) is 4.21. The summed E-state index contributed by atoms with van der Waals surface area (Å²) in [4.78, 5) is 22.6. The van der Waals surface area contributed by atoms with Gasteiger partial charge in [0, 0.05) is 0 Å². The number of carbonyl (C=O) groups excluding carboxylic acids is 1. The van der Waals surface area contributed by atoms with Crippen LogP contribution in [-0.4, -0.2) is 17.1 Å². The number of hydrogen-bond donors (Lipinski definition) is 3. The van der Waals surface area contributed by atoms with E-state index in [0.717, 1.165) is 23.5 Å². The Hall–Kier alpha value is -2.12. The minimum Gasteiger partial charge on any atom is -0.478 e. The number of rotatable bonds is 3. The lowest BCUT2D eigenvalue weighted by Crippen LogP contribution is -2.20. The van der Waals surface area contributed by atoms with Crippen molar-refractivity contribution in [1.82, 2.24) is 0 Å². The van der Waals surface area contributed by atoms with Crippen LogP contribution in [0, 0.1) is 5.82 Å². The molecule has 1 aromatic heterocycles. The Labute approximate surface area is 122 Å². The molecular weight excluding hydrogens is 307 g/mol. The van der Waals surface area contributed by atoms with Crippen LogP contribution in [0.2, 0.25) is 5.02 Å². The largest absolute Gasteiger partial charge is 0.478 e. The lowest BCUT2D eigenvalue weighted by atomic mass is 10.3. The molecule has 0 fully saturated rings. The molecular formula is C12H8ClFN2O3S. The fourth-order valence-electron chi connectivity index (χ4n) is 1.42. The Morgan fingerprint density at radius 3 is 2.65 bits per heavy atom. The first-order chi connectivity index (χ1) is 9.47. The molecule has 104 valence electrons. The van der Waals surface area contributed by atoms with E-state index in [4.69, 9.17) is 16.7 Å². The number of anilines is 2. The van der Waals surface area contributed by atoms with Gasteiger partial charge < -0.3 is 10.4 Å². The third-order valence-electron chi connectivity index (χ3n) is 2.30. The van der Waals surface area contributed by atoms with Crippen molar-refractivity contribution in [2.24, 2.45) is 0 Å². The Morgan fingerprint density at radius 1 is 1.25 bits per heavy atom. The van der Waals surface area contributed by atoms with Crippen LogP contribution < -0.4 is 10.6 Å². The van der Waals surface area contributed by atoms with Gasteiger partial charge in [-0.25, -0.2) is 14.0 Å². The third-order valence-corrected chi connectivity index (χ3v) is 3.44. The van der Waals surface area contributed by atoms with Crippen molar-refractivity contribution in [3.8, 4) is 0 Å². The van der Waals surface area contributed by atoms with Crippen molar-refractivity contribution >= 4 is 45.6 Å². The van der Waals surface area contributed by atoms with Gasteiger partial charge in [0.05, 0.1) is 16.3 Å². The van der Waals surface area contributed by atoms with Gasteiger partial charge >= 0.3 is 12.0 Å². The van der Waals surface area contributed by atoms with E-state index in [-0.39, 0.29) is 21.3 Å². The van der Waals surface area contributed by atoms with Crippen molar-refractivity contribution in [2.45, 2.75) is 0 Å². The SMILES string of the molecule is O=C(Nc1ccc(F)cc1Cl)Nc1sccc1C(=O)O. The van der Waals surface area contributed by atoms with Crippen LogP contribution in [0.15, 0.2) is 29.6 Å². The molecule has 2 amide bonds. The fraction of sp³-hybridized carbons (Fsp3) is 0. The zero-order valence-electron chi connectivity index (χ0n) is 9.81. The molecule has 0 aliphatic rings. The zero-order valence-corrected chi connectivity index (χ0v) is 11.4. The number of carboxylic acids is 1. The number of hydrogen-bond acceptors (Lipinski definition) is 3. The second-order valence-electron chi connectivity index (χ2n) is 3.67. The number of benzene rings is 1. The van der Waals surface area contributed by atoms with E-state index in [0.29, 0.717) is 0 Å². The maximum Gasteiger partial charge on any atom is 0.338 e. The molecule has 0 unspecified atom stereocenters. The summed E-state index contributed by atoms with van der Waals surface area (Å²) in [6.45, 7) is 0. The van der Waals surface area contributed by atoms with Crippen molar-refractivity contribution in [1.29, 1.82) is 0 Å². The third kappa shape index (κ3) is 3.25. The maximum absolute atomic E-state index is 12.9. The molecule has 0 aliphatic carbocycles. The number of carbonyl (C=O) groups is 2. The van der Waals surface area contributed by atoms with Gasteiger partial charge in [0.25, 0.3) is 0 Å². The summed E-state index contributed by atoms with van der Waals surface area (Å²) >= 11 is 6.84. The van der Waals surface area contributed by atoms with E-state index in [9.17, 15) is 14.0 Å². The van der Waals surface area contributed by atoms with Crippen LogP contribution in [0.3, 0.4) is 0 Å². The smallest absolute Gasteiger partial charge is 0.338 e. The molecule has 0 bridgehead atoms. The predicted octanol–water partition coefficient (Wildman–Crippen LogP) is 3.88. The predicted molar refractivity (Wildman–Crippen MR) is 75.3 cm³/mol. The molecule has 0 spiro atoms. The second kappa shape index (κ2) is 5.89. The molecule has 0 saturated carbocycles. The number of nitrogens with one attached hydrogen (secondary N) is 2. The average molecular weight is 315 g/mol. The lowest BCUT2D eigenvalue weighted by molar-refractivity contribution is 0.0698. The van der Waals surface area contributed by atoms with Crippen molar-refractivity contribution in [3.63, 3.8) is 0 Å². The topological polar surface area (TPSA) is 78.4 Å². The first-order valence-corrected chi connectivity index (χ1v) is 6.57. The first-order valence-electron chi connectivity index (χ1n) is 5.31. The summed E-state index contributed by atoms with van der Waals surface area (Å²) in [7, 11) is 0. The van der Waals surface area contributed by atoms with Gasteiger partial charge in [-0.15, -0.1) is 11.3 Å². The van der Waals surface area contributed by atoms with Crippen LogP contribution in [0.1, 0.15) is 10.4 Å². The van der Waals surface area contributed by atoms with Gasteiger partial charge in [-0.05, 0) is 29.6 Å². The van der Waals surface area contributed by atoms with E-state index in [1.54, 1.807) is 5.38 Å². The highest BCUT2D eigenvalue weighted by molar-refractivity contribution is 7.14. The molecule has 2 rings (SSSR count). The van der Waals surface area contributed by atoms with Gasteiger partial charge in [-0.3, -0.25) is 5.32 Å². The maximum atomic E-state index is 12.9. The van der Waals surface area contributed by atoms with Gasteiger partial charge in [-0.2, -0.15) is 0 Å². The van der Waals surface area contributed by atoms with Crippen molar-refractivity contribution in [3.05, 3.63) is 46.0 Å². The van der Waals surface area contributed by atoms with Crippen LogP contribution in [-0.2, 0) is 0 Å². The quantitative estimate of drug-likeness (QED) is 0.804. The van der Waals surface area contributed by atoms with Crippen molar-refractivity contribution in [2.75, 3.05) is 10.6 Å². The summed E-state index contributed by atoms with van der Waals surface area (Å²) in [5, 5.41) is 15.5. The van der Waals surface area contributed by atoms with Crippen LogP contribution in [0.25, 0.3) is 0 Å². The highest BCUT2D eigenvalue weighted by Gasteiger charge is 2.14. The van der Waals surface area contributed by atoms with E-state index >= 15 is 0 Å². The molecule has 3 N–H and O–H groups in total. The van der Waals surface area contributed by atoms with Gasteiger partial charge in [0.1, 0.15) is 10.8 Å². The number of urea groups is 1. The number of halogens is 2. The minimum absolute atomic E-state index is 0.00430. The molecule has 5 nitrogen and oxygen atoms in total. The van der Waals surface area contributed by atoms with E-state index in [2.05, 4.69) is 10.6 Å². The summed E-state index contributed by atoms with van der Waals surface area (Å²) in [5.74, 6) is -1.66. The second-order valence-corrected chi connectivity index (χ2v) is 5.00. The zero-order chi connectivity index (χ0) is 14.7. The highest BCUT2D eigenvalue weighted by Crippen LogP contribution is 2.25. The molecule has 1 heterocycles. The summed E-state index contributed by atoms with van der Waals surface area (Å²) < 4.78 is 12.9. The number of carboxylic acid groups (broad SMARTS) is 1. The minimum atomic E-state index is -1.14. The Bertz CT molecular complexity index is 674. The van der Waals surface area contributed by atoms with E-state index in [1.165, 1.54) is 12.1 Å². The fourth-order valence-corrected chi connectivity index (χ4v) is 2.41. The lowest BCUT2D eigenvalue weighted by Gasteiger charge is -2.08. The van der Waals surface area contributed by atoms with E-state index in [1.807, 2.05) is 0 Å². The normalized spacial score (nSPS) is 10.1. The molecule has 8 heteroatoms. The van der Waals surface area contributed by atoms with Gasteiger partial charge in [-0.1, -0.05) is 11.6 Å². The monoisotopic (exact) mass is 314 g/mol. The molecule has 20 heavy (non-hydrogen) atoms. The summed E-state index contributed by atoms with van der Waals surface area (Å²) in [5.41, 5.74) is 0.217. The summed E-state index contributed by atoms with van der Waals surface area (Å²) in [6.07, 6.45) is 0.